The van der Waals surface area contributed by atoms with Gasteiger partial charge in [-0.05, 0) is 20.4 Å². The Kier molecular flexibility index (Phi) is 4.35. The molecular formula is C10H21N3O. The summed E-state index contributed by atoms with van der Waals surface area (Å²) in [6.45, 7) is 6.83. The summed E-state index contributed by atoms with van der Waals surface area (Å²) in [5.41, 5.74) is 0. The van der Waals surface area contributed by atoms with Crippen molar-refractivity contribution in [2.45, 2.75) is 32.4 Å². The van der Waals surface area contributed by atoms with Gasteiger partial charge in [0.15, 0.2) is 0 Å². The molecular weight excluding hydrogens is 178 g/mol. The van der Waals surface area contributed by atoms with Crippen LogP contribution in [0, 0.1) is 0 Å². The number of carbonyl (C=O) groups excluding carboxylic acids is 1. The van der Waals surface area contributed by atoms with Crippen LogP contribution < -0.4 is 10.6 Å². The lowest BCUT2D eigenvalue weighted by molar-refractivity contribution is -0.124. The zero-order valence-electron chi connectivity index (χ0n) is 9.34. The van der Waals surface area contributed by atoms with E-state index in [9.17, 15) is 4.79 Å². The first-order valence-corrected chi connectivity index (χ1v) is 5.35. The van der Waals surface area contributed by atoms with Crippen molar-refractivity contribution in [1.29, 1.82) is 0 Å². The normalized spacial score (nSPS) is 25.8. The summed E-state index contributed by atoms with van der Waals surface area (Å²) < 4.78 is 0. The summed E-state index contributed by atoms with van der Waals surface area (Å²) >= 11 is 0. The average Bonchev–Trinajstić information content (AvgIpc) is 2.17. The third kappa shape index (κ3) is 3.27. The van der Waals surface area contributed by atoms with E-state index in [2.05, 4.69) is 22.5 Å². The highest BCUT2D eigenvalue weighted by Gasteiger charge is 2.23. The Morgan fingerprint density at radius 2 is 2.43 bits per heavy atom. The molecule has 0 bridgehead atoms. The monoisotopic (exact) mass is 199 g/mol. The van der Waals surface area contributed by atoms with Crippen molar-refractivity contribution in [3.05, 3.63) is 0 Å². The van der Waals surface area contributed by atoms with Crippen LogP contribution in [-0.2, 0) is 4.79 Å². The third-order valence-electron chi connectivity index (χ3n) is 2.70. The lowest BCUT2D eigenvalue weighted by atomic mass is 10.2. The Bertz CT molecular complexity index is 196. The van der Waals surface area contributed by atoms with E-state index in [4.69, 9.17) is 0 Å². The topological polar surface area (TPSA) is 44.4 Å². The molecule has 2 atom stereocenters. The molecule has 1 aliphatic rings. The molecule has 1 amide bonds. The maximum Gasteiger partial charge on any atom is 0.238 e. The summed E-state index contributed by atoms with van der Waals surface area (Å²) in [7, 11) is 2.05. The highest BCUT2D eigenvalue weighted by Crippen LogP contribution is 1.97. The van der Waals surface area contributed by atoms with Crippen molar-refractivity contribution in [3.8, 4) is 0 Å². The van der Waals surface area contributed by atoms with Crippen molar-refractivity contribution in [2.24, 2.45) is 0 Å². The predicted molar refractivity (Wildman–Crippen MR) is 57.2 cm³/mol. The summed E-state index contributed by atoms with van der Waals surface area (Å²) in [5.74, 6) is 0.130. The molecule has 1 fully saturated rings. The van der Waals surface area contributed by atoms with Gasteiger partial charge in [0.05, 0.1) is 6.04 Å². The molecule has 1 heterocycles. The Labute approximate surface area is 86.0 Å². The standard InChI is InChI=1S/C10H21N3O/c1-4-8(2)12-10(14)9-7-13(3)6-5-11-9/h8-9,11H,4-7H2,1-3H3,(H,12,14). The summed E-state index contributed by atoms with van der Waals surface area (Å²) in [4.78, 5) is 13.9. The fourth-order valence-electron chi connectivity index (χ4n) is 1.52. The Hall–Kier alpha value is -0.610. The number of likely N-dealkylation sites (N-methyl/N-ethyl adjacent to an activating group) is 1. The minimum atomic E-state index is -0.0391. The first-order chi connectivity index (χ1) is 6.63. The number of rotatable bonds is 3. The van der Waals surface area contributed by atoms with E-state index >= 15 is 0 Å². The van der Waals surface area contributed by atoms with E-state index in [1.54, 1.807) is 0 Å². The van der Waals surface area contributed by atoms with E-state index in [1.165, 1.54) is 0 Å². The Balaban J connectivity index is 2.36. The smallest absolute Gasteiger partial charge is 0.238 e. The van der Waals surface area contributed by atoms with Gasteiger partial charge < -0.3 is 15.5 Å². The zero-order valence-corrected chi connectivity index (χ0v) is 9.34. The molecule has 14 heavy (non-hydrogen) atoms. The van der Waals surface area contributed by atoms with Crippen LogP contribution in [0.4, 0.5) is 0 Å². The number of amides is 1. The molecule has 1 saturated heterocycles. The summed E-state index contributed by atoms with van der Waals surface area (Å²) in [6, 6.07) is 0.235. The number of nitrogens with zero attached hydrogens (tertiary/aromatic N) is 1. The molecule has 0 aromatic carbocycles. The summed E-state index contributed by atoms with van der Waals surface area (Å²) in [6.07, 6.45) is 0.980. The van der Waals surface area contributed by atoms with Crippen LogP contribution in [0.5, 0.6) is 0 Å². The van der Waals surface area contributed by atoms with E-state index < -0.39 is 0 Å². The predicted octanol–water partition coefficient (Wildman–Crippen LogP) is -0.195. The van der Waals surface area contributed by atoms with Gasteiger partial charge in [0, 0.05) is 25.7 Å². The highest BCUT2D eigenvalue weighted by atomic mass is 16.2. The molecule has 82 valence electrons. The van der Waals surface area contributed by atoms with Crippen LogP contribution in [0.15, 0.2) is 0 Å². The SMILES string of the molecule is CCC(C)NC(=O)C1CN(C)CCN1. The Morgan fingerprint density at radius 1 is 1.71 bits per heavy atom. The van der Waals surface area contributed by atoms with Crippen molar-refractivity contribution in [1.82, 2.24) is 15.5 Å². The molecule has 4 nitrogen and oxygen atoms in total. The van der Waals surface area contributed by atoms with E-state index in [0.717, 1.165) is 26.1 Å². The van der Waals surface area contributed by atoms with Crippen LogP contribution in [0.1, 0.15) is 20.3 Å². The van der Waals surface area contributed by atoms with Crippen LogP contribution >= 0.6 is 0 Å². The van der Waals surface area contributed by atoms with Gasteiger partial charge in [0.1, 0.15) is 0 Å². The first-order valence-electron chi connectivity index (χ1n) is 5.35. The number of hydrogen-bond acceptors (Lipinski definition) is 3. The Morgan fingerprint density at radius 3 is 3.00 bits per heavy atom. The molecule has 2 N–H and O–H groups in total. The second-order valence-electron chi connectivity index (χ2n) is 4.09. The van der Waals surface area contributed by atoms with E-state index in [0.29, 0.717) is 0 Å². The van der Waals surface area contributed by atoms with Gasteiger partial charge in [-0.1, -0.05) is 6.92 Å². The van der Waals surface area contributed by atoms with Gasteiger partial charge in [-0.3, -0.25) is 4.79 Å². The molecule has 0 saturated carbocycles. The molecule has 0 spiro atoms. The van der Waals surface area contributed by atoms with Crippen LogP contribution in [-0.4, -0.2) is 49.6 Å². The third-order valence-corrected chi connectivity index (χ3v) is 2.70. The molecule has 0 aromatic rings. The largest absolute Gasteiger partial charge is 0.352 e. The lowest BCUT2D eigenvalue weighted by Crippen LogP contribution is -2.57. The molecule has 0 radical (unpaired) electrons. The second kappa shape index (κ2) is 5.32. The average molecular weight is 199 g/mol. The maximum atomic E-state index is 11.7. The maximum absolute atomic E-state index is 11.7. The quantitative estimate of drug-likeness (QED) is 0.662. The summed E-state index contributed by atoms with van der Waals surface area (Å²) in [5, 5.41) is 6.22. The highest BCUT2D eigenvalue weighted by molar-refractivity contribution is 5.82. The minimum absolute atomic E-state index is 0.0391. The van der Waals surface area contributed by atoms with Crippen molar-refractivity contribution in [3.63, 3.8) is 0 Å². The molecule has 0 aliphatic carbocycles. The van der Waals surface area contributed by atoms with Gasteiger partial charge in [0.2, 0.25) is 5.91 Å². The van der Waals surface area contributed by atoms with Crippen LogP contribution in [0.25, 0.3) is 0 Å². The van der Waals surface area contributed by atoms with E-state index in [-0.39, 0.29) is 18.0 Å². The number of carbonyl (C=O) groups is 1. The number of nitrogens with one attached hydrogen (secondary N) is 2. The zero-order chi connectivity index (χ0) is 10.6. The second-order valence-corrected chi connectivity index (χ2v) is 4.09. The van der Waals surface area contributed by atoms with Crippen LogP contribution in [0.2, 0.25) is 0 Å². The van der Waals surface area contributed by atoms with Gasteiger partial charge in [-0.15, -0.1) is 0 Å². The van der Waals surface area contributed by atoms with E-state index in [1.807, 2.05) is 14.0 Å². The molecule has 1 rings (SSSR count). The van der Waals surface area contributed by atoms with Gasteiger partial charge >= 0.3 is 0 Å². The van der Waals surface area contributed by atoms with Gasteiger partial charge in [0.25, 0.3) is 0 Å². The van der Waals surface area contributed by atoms with Gasteiger partial charge in [-0.25, -0.2) is 0 Å². The molecule has 0 aromatic heterocycles. The fraction of sp³-hybridized carbons (Fsp3) is 0.900. The lowest BCUT2D eigenvalue weighted by Gasteiger charge is -2.30. The van der Waals surface area contributed by atoms with Crippen molar-refractivity contribution in [2.75, 3.05) is 26.7 Å². The fourth-order valence-corrected chi connectivity index (χ4v) is 1.52. The molecule has 4 heteroatoms. The van der Waals surface area contributed by atoms with Crippen molar-refractivity contribution < 1.29 is 4.79 Å². The minimum Gasteiger partial charge on any atom is -0.352 e. The van der Waals surface area contributed by atoms with Crippen LogP contribution in [0.3, 0.4) is 0 Å². The molecule has 2 unspecified atom stereocenters. The number of hydrogen-bond donors (Lipinski definition) is 2. The first kappa shape index (κ1) is 11.5. The number of piperazine rings is 1. The van der Waals surface area contributed by atoms with Gasteiger partial charge in [-0.2, -0.15) is 0 Å². The van der Waals surface area contributed by atoms with Crippen molar-refractivity contribution >= 4 is 5.91 Å². The molecule has 1 aliphatic heterocycles.